The predicted molar refractivity (Wildman–Crippen MR) is 102 cm³/mol. The molecule has 3 rings (SSSR count). The third kappa shape index (κ3) is 4.07. The summed E-state index contributed by atoms with van der Waals surface area (Å²) >= 11 is 0. The number of ether oxygens (including phenoxy) is 1. The van der Waals surface area contributed by atoms with E-state index in [1.54, 1.807) is 0 Å². The number of benzene rings is 3. The van der Waals surface area contributed by atoms with Gasteiger partial charge < -0.3 is 9.64 Å². The quantitative estimate of drug-likeness (QED) is 0.607. The van der Waals surface area contributed by atoms with Crippen LogP contribution in [0.15, 0.2) is 72.8 Å². The first-order chi connectivity index (χ1) is 12.2. The molecule has 126 valence electrons. The van der Waals surface area contributed by atoms with Crippen LogP contribution in [0.2, 0.25) is 0 Å². The first-order valence-corrected chi connectivity index (χ1v) is 8.21. The Balaban J connectivity index is 1.80. The Kier molecular flexibility index (Phi) is 5.14. The molecule has 0 aliphatic rings. The third-order valence-corrected chi connectivity index (χ3v) is 4.09. The van der Waals surface area contributed by atoms with E-state index < -0.39 is 0 Å². The largest absolute Gasteiger partial charge is 0.488 e. The van der Waals surface area contributed by atoms with Crippen molar-refractivity contribution in [2.45, 2.75) is 6.61 Å². The van der Waals surface area contributed by atoms with E-state index in [0.29, 0.717) is 17.9 Å². The molecule has 0 unspecified atom stereocenters. The fourth-order valence-corrected chi connectivity index (χ4v) is 2.64. The summed E-state index contributed by atoms with van der Waals surface area (Å²) in [4.78, 5) is 13.5. The first kappa shape index (κ1) is 16.8. The van der Waals surface area contributed by atoms with Crippen LogP contribution in [0.3, 0.4) is 0 Å². The maximum Gasteiger partial charge on any atom is 0.153 e. The Morgan fingerprint density at radius 3 is 2.20 bits per heavy atom. The molecule has 3 aromatic carbocycles. The molecular formula is C22H21NO2. The van der Waals surface area contributed by atoms with Crippen LogP contribution in [0.4, 0.5) is 5.69 Å². The van der Waals surface area contributed by atoms with Crippen LogP contribution >= 0.6 is 0 Å². The standard InChI is InChI=1S/C22H21NO2/c1-23(2)21-11-8-18(9-12-21)19-10-13-22(20(14-19)15-24)25-16-17-6-4-3-5-7-17/h3-15H,16H2,1-2H3. The van der Waals surface area contributed by atoms with Crippen molar-refractivity contribution in [2.24, 2.45) is 0 Å². The van der Waals surface area contributed by atoms with Gasteiger partial charge in [0.25, 0.3) is 0 Å². The van der Waals surface area contributed by atoms with E-state index in [9.17, 15) is 4.79 Å². The Morgan fingerprint density at radius 1 is 0.880 bits per heavy atom. The molecule has 0 radical (unpaired) electrons. The van der Waals surface area contributed by atoms with Crippen molar-refractivity contribution in [3.8, 4) is 16.9 Å². The van der Waals surface area contributed by atoms with Gasteiger partial charge in [0.05, 0.1) is 5.56 Å². The minimum atomic E-state index is 0.443. The monoisotopic (exact) mass is 331 g/mol. The van der Waals surface area contributed by atoms with Crippen LogP contribution < -0.4 is 9.64 Å². The second kappa shape index (κ2) is 7.67. The maximum absolute atomic E-state index is 11.5. The minimum absolute atomic E-state index is 0.443. The molecule has 0 saturated heterocycles. The average Bonchev–Trinajstić information content (AvgIpc) is 2.67. The lowest BCUT2D eigenvalue weighted by atomic mass is 10.0. The molecule has 3 aromatic rings. The normalized spacial score (nSPS) is 10.3. The molecule has 0 aromatic heterocycles. The van der Waals surface area contributed by atoms with Gasteiger partial charge in [-0.3, -0.25) is 4.79 Å². The number of carbonyl (C=O) groups excluding carboxylic acids is 1. The van der Waals surface area contributed by atoms with Crippen LogP contribution in [0.25, 0.3) is 11.1 Å². The lowest BCUT2D eigenvalue weighted by molar-refractivity contribution is 0.111. The Morgan fingerprint density at radius 2 is 1.56 bits per heavy atom. The molecule has 3 heteroatoms. The molecule has 0 N–H and O–H groups in total. The Labute approximate surface area is 148 Å². The molecule has 25 heavy (non-hydrogen) atoms. The number of rotatable bonds is 6. The number of hydrogen-bond acceptors (Lipinski definition) is 3. The van der Waals surface area contributed by atoms with Gasteiger partial charge in [-0.2, -0.15) is 0 Å². The average molecular weight is 331 g/mol. The summed E-state index contributed by atoms with van der Waals surface area (Å²) in [5.41, 5.74) is 4.85. The highest BCUT2D eigenvalue weighted by atomic mass is 16.5. The van der Waals surface area contributed by atoms with Gasteiger partial charge in [-0.25, -0.2) is 0 Å². The van der Waals surface area contributed by atoms with Crippen molar-refractivity contribution < 1.29 is 9.53 Å². The van der Waals surface area contributed by atoms with E-state index in [0.717, 1.165) is 28.7 Å². The summed E-state index contributed by atoms with van der Waals surface area (Å²) in [5.74, 6) is 0.604. The number of aldehydes is 1. The molecule has 0 saturated carbocycles. The second-order valence-corrected chi connectivity index (χ2v) is 6.09. The predicted octanol–water partition coefficient (Wildman–Crippen LogP) is 4.81. The van der Waals surface area contributed by atoms with E-state index in [1.807, 2.05) is 62.6 Å². The van der Waals surface area contributed by atoms with Crippen molar-refractivity contribution in [1.29, 1.82) is 0 Å². The minimum Gasteiger partial charge on any atom is -0.488 e. The van der Waals surface area contributed by atoms with Crippen molar-refractivity contribution >= 4 is 12.0 Å². The lowest BCUT2D eigenvalue weighted by Gasteiger charge is -2.13. The van der Waals surface area contributed by atoms with Gasteiger partial charge in [-0.05, 0) is 41.0 Å². The van der Waals surface area contributed by atoms with Crippen LogP contribution in [-0.4, -0.2) is 20.4 Å². The zero-order valence-electron chi connectivity index (χ0n) is 14.5. The van der Waals surface area contributed by atoms with Gasteiger partial charge in [0.1, 0.15) is 12.4 Å². The third-order valence-electron chi connectivity index (χ3n) is 4.09. The number of anilines is 1. The number of nitrogens with zero attached hydrogens (tertiary/aromatic N) is 1. The molecule has 0 atom stereocenters. The molecule has 0 amide bonds. The zero-order valence-corrected chi connectivity index (χ0v) is 14.5. The molecule has 0 spiro atoms. The van der Waals surface area contributed by atoms with Crippen molar-refractivity contribution in [2.75, 3.05) is 19.0 Å². The number of hydrogen-bond donors (Lipinski definition) is 0. The highest BCUT2D eigenvalue weighted by Gasteiger charge is 2.07. The number of carbonyl (C=O) groups is 1. The van der Waals surface area contributed by atoms with Gasteiger partial charge >= 0.3 is 0 Å². The summed E-state index contributed by atoms with van der Waals surface area (Å²) in [7, 11) is 4.02. The van der Waals surface area contributed by atoms with Crippen LogP contribution in [0, 0.1) is 0 Å². The van der Waals surface area contributed by atoms with Crippen LogP contribution in [-0.2, 0) is 6.61 Å². The summed E-state index contributed by atoms with van der Waals surface area (Å²) in [5, 5.41) is 0. The molecule has 0 aliphatic carbocycles. The Hall–Kier alpha value is -3.07. The van der Waals surface area contributed by atoms with Crippen LogP contribution in [0.1, 0.15) is 15.9 Å². The molecule has 0 aliphatic heterocycles. The van der Waals surface area contributed by atoms with Crippen molar-refractivity contribution in [1.82, 2.24) is 0 Å². The van der Waals surface area contributed by atoms with Gasteiger partial charge in [-0.15, -0.1) is 0 Å². The smallest absolute Gasteiger partial charge is 0.153 e. The molecule has 0 heterocycles. The van der Waals surface area contributed by atoms with Crippen LogP contribution in [0.5, 0.6) is 5.75 Å². The van der Waals surface area contributed by atoms with Gasteiger partial charge in [-0.1, -0.05) is 48.5 Å². The van der Waals surface area contributed by atoms with E-state index >= 15 is 0 Å². The van der Waals surface area contributed by atoms with Crippen molar-refractivity contribution in [3.63, 3.8) is 0 Å². The lowest BCUT2D eigenvalue weighted by Crippen LogP contribution is -2.07. The summed E-state index contributed by atoms with van der Waals surface area (Å²) in [6.07, 6.45) is 0.845. The molecule has 0 bridgehead atoms. The van der Waals surface area contributed by atoms with E-state index in [4.69, 9.17) is 4.74 Å². The van der Waals surface area contributed by atoms with Gasteiger partial charge in [0.15, 0.2) is 6.29 Å². The summed E-state index contributed by atoms with van der Waals surface area (Å²) in [6.45, 7) is 0.443. The molecule has 3 nitrogen and oxygen atoms in total. The fraction of sp³-hybridized carbons (Fsp3) is 0.136. The van der Waals surface area contributed by atoms with E-state index in [1.165, 1.54) is 0 Å². The topological polar surface area (TPSA) is 29.5 Å². The second-order valence-electron chi connectivity index (χ2n) is 6.09. The maximum atomic E-state index is 11.5. The Bertz CT molecular complexity index is 840. The van der Waals surface area contributed by atoms with Gasteiger partial charge in [0.2, 0.25) is 0 Å². The van der Waals surface area contributed by atoms with Gasteiger partial charge in [0, 0.05) is 19.8 Å². The summed E-state index contributed by atoms with van der Waals surface area (Å²) in [6, 6.07) is 23.9. The van der Waals surface area contributed by atoms with E-state index in [-0.39, 0.29) is 0 Å². The molecular weight excluding hydrogens is 310 g/mol. The summed E-state index contributed by atoms with van der Waals surface area (Å²) < 4.78 is 5.82. The highest BCUT2D eigenvalue weighted by molar-refractivity contribution is 5.83. The SMILES string of the molecule is CN(C)c1ccc(-c2ccc(OCc3ccccc3)c(C=O)c2)cc1. The van der Waals surface area contributed by atoms with Crippen molar-refractivity contribution in [3.05, 3.63) is 83.9 Å². The first-order valence-electron chi connectivity index (χ1n) is 8.21. The van der Waals surface area contributed by atoms with E-state index in [2.05, 4.69) is 29.2 Å². The zero-order chi connectivity index (χ0) is 17.6. The highest BCUT2D eigenvalue weighted by Crippen LogP contribution is 2.27. The fourth-order valence-electron chi connectivity index (χ4n) is 2.64. The molecule has 0 fully saturated rings.